The fourth-order valence-corrected chi connectivity index (χ4v) is 2.90. The van der Waals surface area contributed by atoms with Gasteiger partial charge in [-0.1, -0.05) is 17.7 Å². The van der Waals surface area contributed by atoms with Gasteiger partial charge in [0, 0.05) is 29.9 Å². The van der Waals surface area contributed by atoms with Gasteiger partial charge in [0.1, 0.15) is 0 Å². The molecular formula is C15H21ClN2O2. The van der Waals surface area contributed by atoms with Crippen LogP contribution in [0.5, 0.6) is 0 Å². The molecule has 1 unspecified atom stereocenters. The van der Waals surface area contributed by atoms with Crippen molar-refractivity contribution >= 4 is 23.3 Å². The summed E-state index contributed by atoms with van der Waals surface area (Å²) < 4.78 is 0. The number of aliphatic hydroxyl groups excluding tert-OH is 1. The number of carbonyl (C=O) groups is 1. The Kier molecular flexibility index (Phi) is 4.89. The first-order valence-corrected chi connectivity index (χ1v) is 7.36. The predicted octanol–water partition coefficient (Wildman–Crippen LogP) is 3.34. The molecule has 0 radical (unpaired) electrons. The van der Waals surface area contributed by atoms with Crippen LogP contribution in [0.1, 0.15) is 30.4 Å². The molecule has 0 saturated carbocycles. The smallest absolute Gasteiger partial charge is 0.322 e. The molecule has 0 aliphatic carbocycles. The molecule has 1 aromatic carbocycles. The fourth-order valence-electron chi connectivity index (χ4n) is 2.74. The van der Waals surface area contributed by atoms with E-state index in [1.54, 1.807) is 0 Å². The number of amides is 2. The Morgan fingerprint density at radius 3 is 2.95 bits per heavy atom. The summed E-state index contributed by atoms with van der Waals surface area (Å²) in [4.78, 5) is 14.2. The number of benzene rings is 1. The van der Waals surface area contributed by atoms with Gasteiger partial charge in [-0.15, -0.1) is 0 Å². The largest absolute Gasteiger partial charge is 0.396 e. The monoisotopic (exact) mass is 296 g/mol. The Hall–Kier alpha value is -1.26. The van der Waals surface area contributed by atoms with Gasteiger partial charge in [0.25, 0.3) is 0 Å². The highest BCUT2D eigenvalue weighted by molar-refractivity contribution is 6.31. The molecule has 0 spiro atoms. The molecule has 4 nitrogen and oxygen atoms in total. The normalized spacial score (nSPS) is 18.4. The summed E-state index contributed by atoms with van der Waals surface area (Å²) in [6.07, 6.45) is 2.59. The minimum atomic E-state index is -0.102. The molecule has 2 amide bonds. The molecular weight excluding hydrogens is 276 g/mol. The zero-order chi connectivity index (χ0) is 14.7. The quantitative estimate of drug-likeness (QED) is 0.899. The van der Waals surface area contributed by atoms with Gasteiger partial charge in [-0.05, 0) is 50.3 Å². The molecule has 2 N–H and O–H groups in total. The van der Waals surface area contributed by atoms with Crippen molar-refractivity contribution < 1.29 is 9.90 Å². The van der Waals surface area contributed by atoms with Crippen LogP contribution in [0.4, 0.5) is 10.5 Å². The van der Waals surface area contributed by atoms with Crippen LogP contribution in [0, 0.1) is 13.8 Å². The van der Waals surface area contributed by atoms with Gasteiger partial charge >= 0.3 is 6.03 Å². The summed E-state index contributed by atoms with van der Waals surface area (Å²) in [5.41, 5.74) is 2.67. The maximum atomic E-state index is 12.4. The molecule has 1 heterocycles. The van der Waals surface area contributed by atoms with E-state index in [0.717, 1.165) is 36.2 Å². The zero-order valence-electron chi connectivity index (χ0n) is 11.9. The second-order valence-corrected chi connectivity index (χ2v) is 5.70. The van der Waals surface area contributed by atoms with Crippen molar-refractivity contribution in [3.05, 3.63) is 28.3 Å². The second-order valence-electron chi connectivity index (χ2n) is 5.30. The molecule has 1 fully saturated rings. The van der Waals surface area contributed by atoms with Crippen molar-refractivity contribution in [1.82, 2.24) is 4.90 Å². The number of halogens is 1. The summed E-state index contributed by atoms with van der Waals surface area (Å²) >= 11 is 6.11. The van der Waals surface area contributed by atoms with E-state index < -0.39 is 0 Å². The van der Waals surface area contributed by atoms with Crippen LogP contribution in [0.25, 0.3) is 0 Å². The number of urea groups is 1. The van der Waals surface area contributed by atoms with Crippen LogP contribution >= 0.6 is 11.6 Å². The van der Waals surface area contributed by atoms with Crippen molar-refractivity contribution in [2.45, 2.75) is 39.2 Å². The lowest BCUT2D eigenvalue weighted by Gasteiger charge is -2.25. The molecule has 1 saturated heterocycles. The minimum absolute atomic E-state index is 0.102. The van der Waals surface area contributed by atoms with Crippen molar-refractivity contribution in [3.8, 4) is 0 Å². The zero-order valence-corrected chi connectivity index (χ0v) is 12.7. The third-order valence-corrected chi connectivity index (χ3v) is 4.35. The van der Waals surface area contributed by atoms with E-state index in [1.807, 2.05) is 30.9 Å². The third-order valence-electron chi connectivity index (χ3n) is 3.94. The number of aryl methyl sites for hydroxylation is 1. The van der Waals surface area contributed by atoms with Crippen LogP contribution in [0.2, 0.25) is 5.02 Å². The molecule has 110 valence electrons. The van der Waals surface area contributed by atoms with Gasteiger partial charge in [-0.25, -0.2) is 4.79 Å². The van der Waals surface area contributed by atoms with Gasteiger partial charge in [0.15, 0.2) is 0 Å². The lowest BCUT2D eigenvalue weighted by molar-refractivity contribution is 0.189. The van der Waals surface area contributed by atoms with Crippen LogP contribution in [0.15, 0.2) is 12.1 Å². The first-order chi connectivity index (χ1) is 9.54. The average molecular weight is 297 g/mol. The van der Waals surface area contributed by atoms with Gasteiger partial charge < -0.3 is 15.3 Å². The highest BCUT2D eigenvalue weighted by Crippen LogP contribution is 2.28. The maximum Gasteiger partial charge on any atom is 0.322 e. The van der Waals surface area contributed by atoms with E-state index in [1.165, 1.54) is 0 Å². The number of carbonyl (C=O) groups excluding carboxylic acids is 1. The van der Waals surface area contributed by atoms with Crippen LogP contribution in [-0.2, 0) is 0 Å². The standard InChI is InChI=1S/C15H21ClN2O2/c1-10-5-6-13(16)11(2)14(10)17-15(20)18-8-3-4-12(18)7-9-19/h5-6,12,19H,3-4,7-9H2,1-2H3,(H,17,20). The van der Waals surface area contributed by atoms with E-state index in [-0.39, 0.29) is 18.7 Å². The first kappa shape index (κ1) is 15.1. The molecule has 2 rings (SSSR count). The maximum absolute atomic E-state index is 12.4. The van der Waals surface area contributed by atoms with Crippen molar-refractivity contribution in [2.24, 2.45) is 0 Å². The number of likely N-dealkylation sites (tertiary alicyclic amines) is 1. The number of hydrogen-bond acceptors (Lipinski definition) is 2. The number of hydrogen-bond donors (Lipinski definition) is 2. The fraction of sp³-hybridized carbons (Fsp3) is 0.533. The summed E-state index contributed by atoms with van der Waals surface area (Å²) in [5.74, 6) is 0. The minimum Gasteiger partial charge on any atom is -0.396 e. The SMILES string of the molecule is Cc1ccc(Cl)c(C)c1NC(=O)N1CCCC1CCO. The topological polar surface area (TPSA) is 52.6 Å². The number of anilines is 1. The van der Waals surface area contributed by atoms with E-state index in [9.17, 15) is 4.79 Å². The van der Waals surface area contributed by atoms with Crippen LogP contribution in [0.3, 0.4) is 0 Å². The second kappa shape index (κ2) is 6.46. The Bertz CT molecular complexity index is 505. The number of nitrogens with one attached hydrogen (secondary N) is 1. The Labute approximate surface area is 124 Å². The highest BCUT2D eigenvalue weighted by Gasteiger charge is 2.28. The van der Waals surface area contributed by atoms with Crippen LogP contribution < -0.4 is 5.32 Å². The lowest BCUT2D eigenvalue weighted by Crippen LogP contribution is -2.39. The Morgan fingerprint density at radius 2 is 2.25 bits per heavy atom. The third kappa shape index (κ3) is 3.07. The number of aliphatic hydroxyl groups is 1. The molecule has 1 aliphatic heterocycles. The van der Waals surface area contributed by atoms with Gasteiger partial charge in [0.2, 0.25) is 0 Å². The van der Waals surface area contributed by atoms with E-state index in [0.29, 0.717) is 11.4 Å². The average Bonchev–Trinajstić information content (AvgIpc) is 2.88. The summed E-state index contributed by atoms with van der Waals surface area (Å²) in [6, 6.07) is 3.78. The molecule has 1 atom stereocenters. The van der Waals surface area contributed by atoms with Crippen molar-refractivity contribution in [1.29, 1.82) is 0 Å². The molecule has 0 bridgehead atoms. The van der Waals surface area contributed by atoms with Crippen LogP contribution in [-0.4, -0.2) is 35.2 Å². The Morgan fingerprint density at radius 1 is 1.50 bits per heavy atom. The molecule has 20 heavy (non-hydrogen) atoms. The summed E-state index contributed by atoms with van der Waals surface area (Å²) in [7, 11) is 0. The Balaban J connectivity index is 2.14. The van der Waals surface area contributed by atoms with Gasteiger partial charge in [-0.2, -0.15) is 0 Å². The number of nitrogens with zero attached hydrogens (tertiary/aromatic N) is 1. The van der Waals surface area contributed by atoms with Gasteiger partial charge in [0.05, 0.1) is 0 Å². The van der Waals surface area contributed by atoms with Gasteiger partial charge in [-0.3, -0.25) is 0 Å². The van der Waals surface area contributed by atoms with E-state index in [2.05, 4.69) is 5.32 Å². The van der Waals surface area contributed by atoms with Crippen molar-refractivity contribution in [2.75, 3.05) is 18.5 Å². The van der Waals surface area contributed by atoms with Crippen molar-refractivity contribution in [3.63, 3.8) is 0 Å². The van der Waals surface area contributed by atoms with E-state index in [4.69, 9.17) is 16.7 Å². The molecule has 1 aromatic rings. The first-order valence-electron chi connectivity index (χ1n) is 6.98. The highest BCUT2D eigenvalue weighted by atomic mass is 35.5. The number of rotatable bonds is 3. The lowest BCUT2D eigenvalue weighted by atomic mass is 10.1. The molecule has 1 aliphatic rings. The summed E-state index contributed by atoms with van der Waals surface area (Å²) in [6.45, 7) is 4.72. The molecule has 5 heteroatoms. The summed E-state index contributed by atoms with van der Waals surface area (Å²) in [5, 5.41) is 12.7. The predicted molar refractivity (Wildman–Crippen MR) is 81.4 cm³/mol. The van der Waals surface area contributed by atoms with E-state index >= 15 is 0 Å². The molecule has 0 aromatic heterocycles.